The Hall–Kier alpha value is -0.670. The summed E-state index contributed by atoms with van der Waals surface area (Å²) in [6, 6.07) is 5.25. The van der Waals surface area contributed by atoms with E-state index in [1.165, 1.54) is 0 Å². The van der Waals surface area contributed by atoms with Crippen molar-refractivity contribution in [2.45, 2.75) is 32.6 Å². The first-order valence-electron chi connectivity index (χ1n) is 6.59. The molecule has 1 aromatic carbocycles. The van der Waals surface area contributed by atoms with E-state index in [0.29, 0.717) is 22.4 Å². The quantitative estimate of drug-likeness (QED) is 0.800. The summed E-state index contributed by atoms with van der Waals surface area (Å²) in [6.07, 6.45) is 0. The van der Waals surface area contributed by atoms with Crippen LogP contribution in [-0.4, -0.2) is 23.9 Å². The van der Waals surface area contributed by atoms with Crippen LogP contribution in [0.5, 0.6) is 0 Å². The van der Waals surface area contributed by atoms with Crippen LogP contribution in [0.25, 0.3) is 0 Å². The zero-order valence-corrected chi connectivity index (χ0v) is 13.6. The molecule has 0 atom stereocenters. The molecule has 0 saturated heterocycles. The lowest BCUT2D eigenvalue weighted by Gasteiger charge is -2.27. The fourth-order valence-corrected chi connectivity index (χ4v) is 2.37. The van der Waals surface area contributed by atoms with Crippen molar-refractivity contribution in [3.05, 3.63) is 28.8 Å². The standard InChI is InChI=1S/C15H22ClNOS/c1-10(2)8-17(9-11(3)4)15(18)13-7-12(19)5-6-14(13)16/h5-7,10-11,19H,8-9H2,1-4H3. The molecule has 0 fully saturated rings. The number of benzene rings is 1. The molecule has 0 aliphatic carbocycles. The smallest absolute Gasteiger partial charge is 0.255 e. The third-order valence-corrected chi connectivity index (χ3v) is 3.25. The Balaban J connectivity index is 3.00. The van der Waals surface area contributed by atoms with Gasteiger partial charge in [-0.3, -0.25) is 4.79 Å². The first-order chi connectivity index (χ1) is 8.81. The topological polar surface area (TPSA) is 20.3 Å². The Bertz CT molecular complexity index is 436. The van der Waals surface area contributed by atoms with Gasteiger partial charge in [0, 0.05) is 18.0 Å². The Morgan fingerprint density at radius 2 is 1.74 bits per heavy atom. The molecule has 0 N–H and O–H groups in total. The molecule has 0 radical (unpaired) electrons. The van der Waals surface area contributed by atoms with Gasteiger partial charge in [-0.25, -0.2) is 0 Å². The highest BCUT2D eigenvalue weighted by Gasteiger charge is 2.20. The maximum absolute atomic E-state index is 12.6. The normalized spacial score (nSPS) is 11.2. The highest BCUT2D eigenvalue weighted by atomic mass is 35.5. The second-order valence-corrected chi connectivity index (χ2v) is 6.59. The van der Waals surface area contributed by atoms with Gasteiger partial charge >= 0.3 is 0 Å². The largest absolute Gasteiger partial charge is 0.338 e. The van der Waals surface area contributed by atoms with Crippen LogP contribution < -0.4 is 0 Å². The van der Waals surface area contributed by atoms with Crippen LogP contribution in [0.4, 0.5) is 0 Å². The van der Waals surface area contributed by atoms with Crippen molar-refractivity contribution in [2.24, 2.45) is 11.8 Å². The summed E-state index contributed by atoms with van der Waals surface area (Å²) in [5.41, 5.74) is 0.537. The van der Waals surface area contributed by atoms with E-state index in [4.69, 9.17) is 11.6 Å². The molecule has 1 amide bonds. The van der Waals surface area contributed by atoms with E-state index in [9.17, 15) is 4.79 Å². The lowest BCUT2D eigenvalue weighted by atomic mass is 10.1. The van der Waals surface area contributed by atoms with Crippen LogP contribution in [0.2, 0.25) is 5.02 Å². The second-order valence-electron chi connectivity index (χ2n) is 5.66. The molecule has 0 heterocycles. The summed E-state index contributed by atoms with van der Waals surface area (Å²) in [7, 11) is 0. The number of hydrogen-bond acceptors (Lipinski definition) is 2. The Morgan fingerprint density at radius 1 is 1.21 bits per heavy atom. The van der Waals surface area contributed by atoms with Gasteiger partial charge < -0.3 is 4.90 Å². The number of amides is 1. The number of carbonyl (C=O) groups excluding carboxylic acids is 1. The second kappa shape index (κ2) is 7.20. The van der Waals surface area contributed by atoms with Gasteiger partial charge in [-0.15, -0.1) is 12.6 Å². The van der Waals surface area contributed by atoms with Gasteiger partial charge in [-0.2, -0.15) is 0 Å². The molecular weight excluding hydrogens is 278 g/mol. The minimum absolute atomic E-state index is 0.0108. The van der Waals surface area contributed by atoms with E-state index < -0.39 is 0 Å². The fourth-order valence-electron chi connectivity index (χ4n) is 1.97. The van der Waals surface area contributed by atoms with Crippen molar-refractivity contribution in [3.8, 4) is 0 Å². The summed E-state index contributed by atoms with van der Waals surface area (Å²) in [5.74, 6) is 0.851. The maximum Gasteiger partial charge on any atom is 0.255 e. The van der Waals surface area contributed by atoms with Gasteiger partial charge in [-0.1, -0.05) is 39.3 Å². The number of carbonyl (C=O) groups is 1. The van der Waals surface area contributed by atoms with Crippen molar-refractivity contribution in [1.29, 1.82) is 0 Å². The Kier molecular flexibility index (Phi) is 6.21. The molecule has 0 aromatic heterocycles. The van der Waals surface area contributed by atoms with Gasteiger partial charge in [0.05, 0.1) is 10.6 Å². The zero-order chi connectivity index (χ0) is 14.6. The number of rotatable bonds is 5. The molecule has 0 aliphatic heterocycles. The molecule has 0 aliphatic rings. The first-order valence-corrected chi connectivity index (χ1v) is 7.41. The molecule has 0 bridgehead atoms. The van der Waals surface area contributed by atoms with E-state index in [2.05, 4.69) is 40.3 Å². The van der Waals surface area contributed by atoms with Crippen LogP contribution in [0.15, 0.2) is 23.1 Å². The lowest BCUT2D eigenvalue weighted by molar-refractivity contribution is 0.0715. The summed E-state index contributed by atoms with van der Waals surface area (Å²) in [5, 5.41) is 0.486. The SMILES string of the molecule is CC(C)CN(CC(C)C)C(=O)c1cc(S)ccc1Cl. The van der Waals surface area contributed by atoms with E-state index in [-0.39, 0.29) is 5.91 Å². The maximum atomic E-state index is 12.6. The van der Waals surface area contributed by atoms with Gasteiger partial charge in [0.25, 0.3) is 5.91 Å². The molecule has 1 aromatic rings. The number of thiol groups is 1. The summed E-state index contributed by atoms with van der Waals surface area (Å²) >= 11 is 10.4. The van der Waals surface area contributed by atoms with E-state index in [0.717, 1.165) is 18.0 Å². The van der Waals surface area contributed by atoms with Crippen LogP contribution in [0, 0.1) is 11.8 Å². The number of nitrogens with zero attached hydrogens (tertiary/aromatic N) is 1. The van der Waals surface area contributed by atoms with E-state index in [1.807, 2.05) is 4.90 Å². The average molecular weight is 300 g/mol. The highest BCUT2D eigenvalue weighted by molar-refractivity contribution is 7.80. The highest BCUT2D eigenvalue weighted by Crippen LogP contribution is 2.22. The number of halogens is 1. The fraction of sp³-hybridized carbons (Fsp3) is 0.533. The molecular formula is C15H22ClNOS. The summed E-state index contributed by atoms with van der Waals surface area (Å²) in [4.78, 5) is 15.2. The molecule has 2 nitrogen and oxygen atoms in total. The molecule has 1 rings (SSSR count). The van der Waals surface area contributed by atoms with Gasteiger partial charge in [0.15, 0.2) is 0 Å². The molecule has 0 saturated carbocycles. The van der Waals surface area contributed by atoms with Crippen LogP contribution in [0.3, 0.4) is 0 Å². The third-order valence-electron chi connectivity index (χ3n) is 2.64. The molecule has 0 unspecified atom stereocenters. The van der Waals surface area contributed by atoms with Gasteiger partial charge in [-0.05, 0) is 30.0 Å². The molecule has 106 valence electrons. The average Bonchev–Trinajstić information content (AvgIpc) is 2.29. The Morgan fingerprint density at radius 3 is 2.21 bits per heavy atom. The van der Waals surface area contributed by atoms with Gasteiger partial charge in [0.2, 0.25) is 0 Å². The lowest BCUT2D eigenvalue weighted by Crippen LogP contribution is -2.37. The minimum Gasteiger partial charge on any atom is -0.338 e. The van der Waals surface area contributed by atoms with Crippen molar-refractivity contribution in [2.75, 3.05) is 13.1 Å². The summed E-state index contributed by atoms with van der Waals surface area (Å²) in [6.45, 7) is 9.91. The minimum atomic E-state index is -0.0108. The predicted molar refractivity (Wildman–Crippen MR) is 84.3 cm³/mol. The predicted octanol–water partition coefficient (Wildman–Crippen LogP) is 4.38. The van der Waals surface area contributed by atoms with Crippen LogP contribution in [0.1, 0.15) is 38.1 Å². The van der Waals surface area contributed by atoms with Crippen LogP contribution >= 0.6 is 24.2 Å². The molecule has 4 heteroatoms. The van der Waals surface area contributed by atoms with Crippen molar-refractivity contribution < 1.29 is 4.79 Å². The molecule has 19 heavy (non-hydrogen) atoms. The number of hydrogen-bond donors (Lipinski definition) is 1. The van der Waals surface area contributed by atoms with Crippen molar-refractivity contribution in [3.63, 3.8) is 0 Å². The van der Waals surface area contributed by atoms with E-state index in [1.54, 1.807) is 18.2 Å². The van der Waals surface area contributed by atoms with E-state index >= 15 is 0 Å². The third kappa shape index (κ3) is 5.07. The van der Waals surface area contributed by atoms with Crippen molar-refractivity contribution >= 4 is 30.1 Å². The monoisotopic (exact) mass is 299 g/mol. The Labute approximate surface area is 126 Å². The molecule has 0 spiro atoms. The zero-order valence-electron chi connectivity index (χ0n) is 12.0. The first kappa shape index (κ1) is 16.4. The summed E-state index contributed by atoms with van der Waals surface area (Å²) < 4.78 is 0. The van der Waals surface area contributed by atoms with Crippen molar-refractivity contribution in [1.82, 2.24) is 4.90 Å². The van der Waals surface area contributed by atoms with Crippen LogP contribution in [-0.2, 0) is 0 Å². The van der Waals surface area contributed by atoms with Gasteiger partial charge in [0.1, 0.15) is 0 Å².